The normalized spacial score (nSPS) is 27.6. The van der Waals surface area contributed by atoms with Crippen molar-refractivity contribution in [3.05, 3.63) is 53.6 Å². The highest BCUT2D eigenvalue weighted by Crippen LogP contribution is 2.28. The zero-order chi connectivity index (χ0) is 26.1. The summed E-state index contributed by atoms with van der Waals surface area (Å²) in [5, 5.41) is 16.5. The van der Waals surface area contributed by atoms with Crippen molar-refractivity contribution in [1.82, 2.24) is 35.3 Å². The van der Waals surface area contributed by atoms with Crippen molar-refractivity contribution in [2.75, 3.05) is 64.9 Å². The van der Waals surface area contributed by atoms with E-state index in [1.54, 1.807) is 6.20 Å². The summed E-state index contributed by atoms with van der Waals surface area (Å²) in [4.78, 5) is 21.1. The first-order valence-electron chi connectivity index (χ1n) is 13.4. The number of aliphatic hydroxyl groups excluding tert-OH is 1. The number of piperazine rings is 1. The molecule has 4 aliphatic heterocycles. The van der Waals surface area contributed by atoms with Gasteiger partial charge in [-0.05, 0) is 13.0 Å². The molecule has 5 aliphatic rings. The minimum Gasteiger partial charge on any atom is -0.493 e. The minimum absolute atomic E-state index is 0.00298. The summed E-state index contributed by atoms with van der Waals surface area (Å²) >= 11 is 0. The Bertz CT molecular complexity index is 1140. The van der Waals surface area contributed by atoms with Gasteiger partial charge in [0.2, 0.25) is 0 Å². The van der Waals surface area contributed by atoms with Crippen LogP contribution in [0, 0.1) is 6.92 Å². The molecule has 0 aromatic carbocycles. The van der Waals surface area contributed by atoms with Gasteiger partial charge in [-0.2, -0.15) is 0 Å². The van der Waals surface area contributed by atoms with Crippen molar-refractivity contribution in [1.29, 1.82) is 0 Å². The Morgan fingerprint density at radius 2 is 2.11 bits per heavy atom. The largest absolute Gasteiger partial charge is 0.493 e. The van der Waals surface area contributed by atoms with Gasteiger partial charge >= 0.3 is 0 Å². The quantitative estimate of drug-likeness (QED) is 0.374. The average molecular weight is 524 g/mol. The lowest BCUT2D eigenvalue weighted by atomic mass is 10.0. The highest BCUT2D eigenvalue weighted by molar-refractivity contribution is 5.89. The number of amidine groups is 1. The molecule has 3 unspecified atom stereocenters. The number of hydrogen-bond donors (Lipinski definition) is 4. The number of aliphatic imine (C=N–C) groups is 1. The highest BCUT2D eigenvalue weighted by Gasteiger charge is 2.35. The molecule has 0 radical (unpaired) electrons. The molecule has 38 heavy (non-hydrogen) atoms. The van der Waals surface area contributed by atoms with E-state index in [-0.39, 0.29) is 31.5 Å². The van der Waals surface area contributed by atoms with E-state index in [1.807, 2.05) is 19.3 Å². The molecule has 204 valence electrons. The molecule has 5 N–H and O–H groups in total. The van der Waals surface area contributed by atoms with E-state index in [9.17, 15) is 5.11 Å². The molecule has 12 heteroatoms. The number of allylic oxidation sites excluding steroid dienone is 1. The van der Waals surface area contributed by atoms with Crippen molar-refractivity contribution in [3.63, 3.8) is 0 Å². The molecule has 0 saturated carbocycles. The monoisotopic (exact) mass is 523 g/mol. The maximum absolute atomic E-state index is 9.45. The van der Waals surface area contributed by atoms with E-state index in [2.05, 4.69) is 47.5 Å². The molecular weight excluding hydrogens is 486 g/mol. The van der Waals surface area contributed by atoms with Gasteiger partial charge in [0.25, 0.3) is 0 Å². The van der Waals surface area contributed by atoms with E-state index >= 15 is 0 Å². The van der Waals surface area contributed by atoms with Crippen LogP contribution in [0.4, 0.5) is 5.82 Å². The van der Waals surface area contributed by atoms with Gasteiger partial charge in [0, 0.05) is 51.5 Å². The second kappa shape index (κ2) is 10.8. The van der Waals surface area contributed by atoms with Gasteiger partial charge in [-0.15, -0.1) is 0 Å². The number of ether oxygens (including phenoxy) is 2. The molecule has 12 nitrogen and oxygen atoms in total. The average Bonchev–Trinajstić information content (AvgIpc) is 3.38. The second-order valence-electron chi connectivity index (χ2n) is 10.3. The molecule has 1 aromatic heterocycles. The first-order valence-corrected chi connectivity index (χ1v) is 13.4. The Morgan fingerprint density at radius 1 is 1.26 bits per heavy atom. The summed E-state index contributed by atoms with van der Waals surface area (Å²) in [7, 11) is 0. The summed E-state index contributed by atoms with van der Waals surface area (Å²) < 4.78 is 11.5. The van der Waals surface area contributed by atoms with Crippen LogP contribution >= 0.6 is 0 Å². The van der Waals surface area contributed by atoms with E-state index in [0.717, 1.165) is 68.1 Å². The molecular formula is C26H37N9O3. The van der Waals surface area contributed by atoms with Crippen molar-refractivity contribution < 1.29 is 14.6 Å². The topological polar surface area (TPSA) is 137 Å². The van der Waals surface area contributed by atoms with Crippen LogP contribution in [-0.2, 0) is 9.47 Å². The molecule has 1 aromatic rings. The summed E-state index contributed by atoms with van der Waals surface area (Å²) in [6.07, 6.45) is 10.7. The van der Waals surface area contributed by atoms with Crippen LogP contribution in [0.5, 0.6) is 0 Å². The number of rotatable bonds is 7. The molecule has 0 spiro atoms. The van der Waals surface area contributed by atoms with Crippen molar-refractivity contribution >= 4 is 11.7 Å². The number of aryl methyl sites for hydroxylation is 1. The van der Waals surface area contributed by atoms with E-state index < -0.39 is 0 Å². The fraction of sp³-hybridized carbons (Fsp3) is 0.577. The Hall–Kier alpha value is -3.35. The standard InChI is InChI=1S/C26H37N9O3/c1-17-24(27)31-20(13-29-17)21-14-35-5-4-28-26(35)25(32-21)30-18-2-3-22(23(12-18)38-11-10-36)34-8-6-33(7-9-34)19-15-37-16-19/h2-5,13,18-19,21,26,28,36H,6-12,14-16H2,1H3,(H2,27,31)(H,30,32). The third kappa shape index (κ3) is 5.03. The Kier molecular flexibility index (Phi) is 7.09. The van der Waals surface area contributed by atoms with Crippen LogP contribution in [0.1, 0.15) is 23.9 Å². The lowest BCUT2D eigenvalue weighted by molar-refractivity contribution is -0.0748. The third-order valence-electron chi connectivity index (χ3n) is 7.81. The van der Waals surface area contributed by atoms with E-state index in [0.29, 0.717) is 24.8 Å². The molecule has 3 atom stereocenters. The first kappa shape index (κ1) is 25.0. The fourth-order valence-corrected chi connectivity index (χ4v) is 5.51. The number of aliphatic hydroxyl groups is 1. The van der Waals surface area contributed by atoms with Gasteiger partial charge in [-0.1, -0.05) is 6.08 Å². The molecule has 2 saturated heterocycles. The SMILES string of the molecule is Cc1ncc(C2CN3C=CNC3C(NC3C=CC(N4CCN(C5COC5)CC4)=C(OCCO)C3)=N2)nc1N. The van der Waals surface area contributed by atoms with Crippen LogP contribution in [0.15, 0.2) is 47.2 Å². The van der Waals surface area contributed by atoms with Crippen molar-refractivity contribution in [3.8, 4) is 0 Å². The van der Waals surface area contributed by atoms with E-state index in [4.69, 9.17) is 20.2 Å². The van der Waals surface area contributed by atoms with Crippen LogP contribution in [0.3, 0.4) is 0 Å². The first-order chi connectivity index (χ1) is 18.6. The number of nitrogens with zero attached hydrogens (tertiary/aromatic N) is 6. The van der Waals surface area contributed by atoms with Gasteiger partial charge in [-0.3, -0.25) is 14.9 Å². The Labute approximate surface area is 222 Å². The van der Waals surface area contributed by atoms with Crippen LogP contribution < -0.4 is 16.4 Å². The van der Waals surface area contributed by atoms with Crippen molar-refractivity contribution in [2.24, 2.45) is 4.99 Å². The molecule has 2 fully saturated rings. The number of nitrogens with one attached hydrogen (secondary N) is 2. The Morgan fingerprint density at radius 3 is 2.84 bits per heavy atom. The predicted molar refractivity (Wildman–Crippen MR) is 143 cm³/mol. The third-order valence-corrected chi connectivity index (χ3v) is 7.81. The van der Waals surface area contributed by atoms with Gasteiger partial charge < -0.3 is 40.7 Å². The summed E-state index contributed by atoms with van der Waals surface area (Å²) in [5.41, 5.74) is 8.63. The minimum atomic E-state index is -0.185. The van der Waals surface area contributed by atoms with Gasteiger partial charge in [0.05, 0.1) is 55.2 Å². The number of anilines is 1. The predicted octanol–water partition coefficient (Wildman–Crippen LogP) is -0.322. The maximum atomic E-state index is 9.45. The summed E-state index contributed by atoms with van der Waals surface area (Å²) in [6, 6.07) is 0.374. The van der Waals surface area contributed by atoms with E-state index in [1.165, 1.54) is 0 Å². The van der Waals surface area contributed by atoms with Gasteiger partial charge in [0.1, 0.15) is 30.1 Å². The van der Waals surface area contributed by atoms with Crippen LogP contribution in [-0.4, -0.2) is 113 Å². The number of nitrogens with two attached hydrogens (primary N) is 1. The summed E-state index contributed by atoms with van der Waals surface area (Å²) in [5.74, 6) is 2.17. The number of aromatic nitrogens is 2. The van der Waals surface area contributed by atoms with Gasteiger partial charge in [-0.25, -0.2) is 4.98 Å². The zero-order valence-electron chi connectivity index (χ0n) is 21.8. The fourth-order valence-electron chi connectivity index (χ4n) is 5.51. The summed E-state index contributed by atoms with van der Waals surface area (Å²) in [6.45, 7) is 8.41. The lowest BCUT2D eigenvalue weighted by Gasteiger charge is -2.44. The molecule has 1 aliphatic carbocycles. The zero-order valence-corrected chi connectivity index (χ0v) is 21.8. The number of fused-ring (bicyclic) bond motifs is 1. The second-order valence-corrected chi connectivity index (χ2v) is 10.3. The highest BCUT2D eigenvalue weighted by atomic mass is 16.5. The number of nitrogen functional groups attached to an aromatic ring is 1. The Balaban J connectivity index is 1.17. The van der Waals surface area contributed by atoms with Crippen LogP contribution in [0.25, 0.3) is 0 Å². The molecule has 6 rings (SSSR count). The van der Waals surface area contributed by atoms with Crippen molar-refractivity contribution in [2.45, 2.75) is 37.6 Å². The molecule has 0 amide bonds. The smallest absolute Gasteiger partial charge is 0.158 e. The maximum Gasteiger partial charge on any atom is 0.158 e. The molecule has 0 bridgehead atoms. The van der Waals surface area contributed by atoms with Gasteiger partial charge in [0.15, 0.2) is 6.17 Å². The van der Waals surface area contributed by atoms with Crippen LogP contribution in [0.2, 0.25) is 0 Å². The molecule has 5 heterocycles. The lowest BCUT2D eigenvalue weighted by Crippen LogP contribution is -2.56. The number of hydrogen-bond acceptors (Lipinski definition) is 12.